The molecular formula is C7H8N4S. The molecule has 0 saturated heterocycles. The number of nitrogen functional groups attached to an aromatic ring is 1. The van der Waals surface area contributed by atoms with E-state index in [1.807, 2.05) is 6.92 Å². The van der Waals surface area contributed by atoms with Crippen molar-refractivity contribution in [2.45, 2.75) is 12.1 Å². The first kappa shape index (κ1) is 7.42. The minimum atomic E-state index is 0.489. The fourth-order valence-electron chi connectivity index (χ4n) is 1.22. The second-order valence-electron chi connectivity index (χ2n) is 2.53. The normalized spacial score (nSPS) is 10.8. The molecule has 0 fully saturated rings. The maximum Gasteiger partial charge on any atom is 0.169 e. The first-order chi connectivity index (χ1) is 5.70. The van der Waals surface area contributed by atoms with E-state index >= 15 is 0 Å². The van der Waals surface area contributed by atoms with Crippen molar-refractivity contribution >= 4 is 24.0 Å². The molecule has 0 radical (unpaired) electrons. The Morgan fingerprint density at radius 3 is 3.00 bits per heavy atom. The van der Waals surface area contributed by atoms with Crippen molar-refractivity contribution < 1.29 is 0 Å². The van der Waals surface area contributed by atoms with Gasteiger partial charge in [0.25, 0.3) is 0 Å². The fraction of sp³-hybridized carbons (Fsp3) is 0.143. The number of nitrogens with two attached hydrogens (primary N) is 1. The molecule has 12 heavy (non-hydrogen) atoms. The minimum absolute atomic E-state index is 0.489. The summed E-state index contributed by atoms with van der Waals surface area (Å²) in [6.07, 6.45) is 3.41. The minimum Gasteiger partial charge on any atom is -0.382 e. The first-order valence-corrected chi connectivity index (χ1v) is 3.93. The van der Waals surface area contributed by atoms with Gasteiger partial charge in [0.15, 0.2) is 5.16 Å². The van der Waals surface area contributed by atoms with E-state index < -0.39 is 0 Å². The molecule has 0 spiro atoms. The summed E-state index contributed by atoms with van der Waals surface area (Å²) < 4.78 is 1.81. The predicted molar refractivity (Wildman–Crippen MR) is 49.4 cm³/mol. The number of anilines is 1. The number of aryl methyl sites for hydroxylation is 1. The number of aromatic nitrogens is 3. The van der Waals surface area contributed by atoms with Crippen LogP contribution in [-0.4, -0.2) is 14.4 Å². The molecule has 0 unspecified atom stereocenters. The van der Waals surface area contributed by atoms with Crippen LogP contribution < -0.4 is 5.73 Å². The SMILES string of the molecule is Cc1nc(S)n2ccnc(N)c12. The molecule has 2 rings (SSSR count). The fourth-order valence-corrected chi connectivity index (χ4v) is 1.54. The van der Waals surface area contributed by atoms with E-state index in [-0.39, 0.29) is 0 Å². The van der Waals surface area contributed by atoms with Gasteiger partial charge in [0.1, 0.15) is 11.3 Å². The van der Waals surface area contributed by atoms with E-state index in [0.29, 0.717) is 11.0 Å². The molecule has 0 aliphatic heterocycles. The highest BCUT2D eigenvalue weighted by molar-refractivity contribution is 7.80. The number of hydrogen-bond donors (Lipinski definition) is 2. The highest BCUT2D eigenvalue weighted by Gasteiger charge is 2.07. The zero-order chi connectivity index (χ0) is 8.72. The lowest BCUT2D eigenvalue weighted by atomic mass is 10.4. The van der Waals surface area contributed by atoms with E-state index in [1.54, 1.807) is 16.8 Å². The zero-order valence-corrected chi connectivity index (χ0v) is 7.42. The van der Waals surface area contributed by atoms with Crippen molar-refractivity contribution in [1.29, 1.82) is 0 Å². The van der Waals surface area contributed by atoms with E-state index in [4.69, 9.17) is 5.73 Å². The Hall–Kier alpha value is -1.23. The van der Waals surface area contributed by atoms with E-state index in [0.717, 1.165) is 11.2 Å². The van der Waals surface area contributed by atoms with Gasteiger partial charge in [-0.05, 0) is 6.92 Å². The van der Waals surface area contributed by atoms with Crippen molar-refractivity contribution in [3.63, 3.8) is 0 Å². The molecule has 0 atom stereocenters. The Labute approximate surface area is 74.8 Å². The number of hydrogen-bond acceptors (Lipinski definition) is 4. The van der Waals surface area contributed by atoms with Crippen LogP contribution in [0.15, 0.2) is 17.6 Å². The third kappa shape index (κ3) is 0.863. The molecular weight excluding hydrogens is 172 g/mol. The van der Waals surface area contributed by atoms with Crippen molar-refractivity contribution in [1.82, 2.24) is 14.4 Å². The Morgan fingerprint density at radius 1 is 1.58 bits per heavy atom. The van der Waals surface area contributed by atoms with Gasteiger partial charge in [-0.1, -0.05) is 0 Å². The second kappa shape index (κ2) is 2.38. The maximum atomic E-state index is 5.66. The Morgan fingerprint density at radius 2 is 2.33 bits per heavy atom. The van der Waals surface area contributed by atoms with Crippen LogP contribution >= 0.6 is 12.6 Å². The summed E-state index contributed by atoms with van der Waals surface area (Å²) in [5.74, 6) is 0.489. The van der Waals surface area contributed by atoms with Crippen LogP contribution in [0.3, 0.4) is 0 Å². The lowest BCUT2D eigenvalue weighted by molar-refractivity contribution is 0.950. The third-order valence-electron chi connectivity index (χ3n) is 1.74. The molecule has 0 aromatic carbocycles. The van der Waals surface area contributed by atoms with Gasteiger partial charge in [0.05, 0.1) is 5.69 Å². The van der Waals surface area contributed by atoms with Crippen LogP contribution in [0, 0.1) is 6.92 Å². The van der Waals surface area contributed by atoms with Gasteiger partial charge in [0.2, 0.25) is 0 Å². The van der Waals surface area contributed by atoms with Crippen molar-refractivity contribution in [2.24, 2.45) is 0 Å². The molecule has 2 aromatic rings. The second-order valence-corrected chi connectivity index (χ2v) is 2.93. The third-order valence-corrected chi connectivity index (χ3v) is 2.05. The summed E-state index contributed by atoms with van der Waals surface area (Å²) >= 11 is 4.19. The maximum absolute atomic E-state index is 5.66. The number of rotatable bonds is 0. The van der Waals surface area contributed by atoms with Crippen molar-refractivity contribution in [3.8, 4) is 0 Å². The molecule has 0 aliphatic rings. The number of nitrogens with zero attached hydrogens (tertiary/aromatic N) is 3. The highest BCUT2D eigenvalue weighted by Crippen LogP contribution is 2.18. The quantitative estimate of drug-likeness (QED) is 0.592. The summed E-state index contributed by atoms with van der Waals surface area (Å²) in [7, 11) is 0. The van der Waals surface area contributed by atoms with E-state index in [1.165, 1.54) is 0 Å². The van der Waals surface area contributed by atoms with Gasteiger partial charge in [0, 0.05) is 12.4 Å². The molecule has 0 aliphatic carbocycles. The summed E-state index contributed by atoms with van der Waals surface area (Å²) in [6.45, 7) is 1.88. The average Bonchev–Trinajstić information content (AvgIpc) is 2.29. The molecule has 5 heteroatoms. The monoisotopic (exact) mass is 180 g/mol. The summed E-state index contributed by atoms with van der Waals surface area (Å²) in [5, 5.41) is 0.636. The number of imidazole rings is 1. The van der Waals surface area contributed by atoms with Gasteiger partial charge in [-0.25, -0.2) is 9.97 Å². The summed E-state index contributed by atoms with van der Waals surface area (Å²) in [6, 6.07) is 0. The van der Waals surface area contributed by atoms with Gasteiger partial charge in [-0.3, -0.25) is 4.40 Å². The lowest BCUT2D eigenvalue weighted by Gasteiger charge is -1.97. The largest absolute Gasteiger partial charge is 0.382 e. The molecule has 4 nitrogen and oxygen atoms in total. The molecule has 0 amide bonds. The van der Waals surface area contributed by atoms with E-state index in [9.17, 15) is 0 Å². The average molecular weight is 180 g/mol. The molecule has 2 aromatic heterocycles. The van der Waals surface area contributed by atoms with Crippen molar-refractivity contribution in [2.75, 3.05) is 5.73 Å². The summed E-state index contributed by atoms with van der Waals surface area (Å²) in [4.78, 5) is 8.12. The van der Waals surface area contributed by atoms with E-state index in [2.05, 4.69) is 22.6 Å². The Kier molecular flexibility index (Phi) is 1.47. The predicted octanol–water partition coefficient (Wildman–Crippen LogP) is 0.909. The smallest absolute Gasteiger partial charge is 0.169 e. The van der Waals surface area contributed by atoms with Gasteiger partial charge in [-0.15, -0.1) is 12.6 Å². The van der Waals surface area contributed by atoms with Gasteiger partial charge >= 0.3 is 0 Å². The van der Waals surface area contributed by atoms with Crippen LogP contribution in [0.2, 0.25) is 0 Å². The Bertz CT molecular complexity index is 434. The standard InChI is InChI=1S/C7H8N4S/c1-4-5-6(8)9-2-3-11(5)7(12)10-4/h2-3H,1H3,(H2,8,9)(H,10,12). The topological polar surface area (TPSA) is 56.2 Å². The van der Waals surface area contributed by atoms with Gasteiger partial charge < -0.3 is 5.73 Å². The van der Waals surface area contributed by atoms with Crippen LogP contribution in [0.5, 0.6) is 0 Å². The Balaban J connectivity index is 2.99. The first-order valence-electron chi connectivity index (χ1n) is 3.48. The molecule has 2 heterocycles. The van der Waals surface area contributed by atoms with Crippen molar-refractivity contribution in [3.05, 3.63) is 18.1 Å². The zero-order valence-electron chi connectivity index (χ0n) is 6.52. The van der Waals surface area contributed by atoms with Crippen LogP contribution in [-0.2, 0) is 0 Å². The number of fused-ring (bicyclic) bond motifs is 1. The van der Waals surface area contributed by atoms with Crippen LogP contribution in [0.1, 0.15) is 5.69 Å². The van der Waals surface area contributed by atoms with Crippen LogP contribution in [0.4, 0.5) is 5.82 Å². The number of thiol groups is 1. The molecule has 0 bridgehead atoms. The summed E-state index contributed by atoms with van der Waals surface area (Å²) in [5.41, 5.74) is 7.35. The highest BCUT2D eigenvalue weighted by atomic mass is 32.1. The molecule has 0 saturated carbocycles. The molecule has 2 N–H and O–H groups in total. The van der Waals surface area contributed by atoms with Gasteiger partial charge in [-0.2, -0.15) is 0 Å². The molecule has 62 valence electrons. The van der Waals surface area contributed by atoms with Crippen LogP contribution in [0.25, 0.3) is 5.52 Å². The lowest BCUT2D eigenvalue weighted by Crippen LogP contribution is -1.95.